The summed E-state index contributed by atoms with van der Waals surface area (Å²) in [7, 11) is 4.14. The third-order valence-electron chi connectivity index (χ3n) is 2.96. The Hall–Kier alpha value is -1.02. The van der Waals surface area contributed by atoms with Crippen molar-refractivity contribution < 1.29 is 0 Å². The number of benzene rings is 1. The molecule has 1 saturated carbocycles. The van der Waals surface area contributed by atoms with Gasteiger partial charge in [-0.1, -0.05) is 17.7 Å². The molecule has 1 fully saturated rings. The summed E-state index contributed by atoms with van der Waals surface area (Å²) in [5, 5.41) is 0. The van der Waals surface area contributed by atoms with E-state index in [1.54, 1.807) is 0 Å². The molecule has 0 saturated heterocycles. The molecule has 0 spiro atoms. The molecule has 2 heteroatoms. The summed E-state index contributed by atoms with van der Waals surface area (Å²) in [5.41, 5.74) is 10.1. The minimum atomic E-state index is -0.0361. The third-order valence-corrected chi connectivity index (χ3v) is 2.96. The minimum absolute atomic E-state index is 0.0361. The van der Waals surface area contributed by atoms with Crippen molar-refractivity contribution in [1.82, 2.24) is 0 Å². The molecule has 0 amide bonds. The Morgan fingerprint density at radius 3 is 2.43 bits per heavy atom. The Labute approximate surface area is 85.7 Å². The predicted octanol–water partition coefficient (Wildman–Crippen LogP) is 2.01. The molecule has 1 aliphatic rings. The summed E-state index contributed by atoms with van der Waals surface area (Å²) in [6.45, 7) is 2.12. The Morgan fingerprint density at radius 2 is 1.93 bits per heavy atom. The highest BCUT2D eigenvalue weighted by Crippen LogP contribution is 2.46. The van der Waals surface area contributed by atoms with Crippen LogP contribution in [0.4, 0.5) is 5.69 Å². The van der Waals surface area contributed by atoms with Crippen molar-refractivity contribution in [1.29, 1.82) is 0 Å². The van der Waals surface area contributed by atoms with E-state index < -0.39 is 0 Å². The number of anilines is 1. The lowest BCUT2D eigenvalue weighted by Gasteiger charge is -2.21. The average molecular weight is 190 g/mol. The van der Waals surface area contributed by atoms with Crippen LogP contribution in [0.1, 0.15) is 24.0 Å². The van der Waals surface area contributed by atoms with Gasteiger partial charge in [-0.05, 0) is 31.4 Å². The van der Waals surface area contributed by atoms with Gasteiger partial charge in [-0.2, -0.15) is 0 Å². The van der Waals surface area contributed by atoms with Gasteiger partial charge in [0.15, 0.2) is 0 Å². The number of nitrogens with two attached hydrogens (primary N) is 1. The van der Waals surface area contributed by atoms with Crippen LogP contribution in [-0.2, 0) is 5.54 Å². The second-order valence-corrected chi connectivity index (χ2v) is 4.57. The molecule has 1 aromatic carbocycles. The fraction of sp³-hybridized carbons (Fsp3) is 0.500. The van der Waals surface area contributed by atoms with Crippen LogP contribution in [0.5, 0.6) is 0 Å². The Bertz CT molecular complexity index is 351. The van der Waals surface area contributed by atoms with E-state index in [1.165, 1.54) is 16.8 Å². The van der Waals surface area contributed by atoms with Crippen LogP contribution < -0.4 is 10.6 Å². The van der Waals surface area contributed by atoms with Crippen molar-refractivity contribution in [3.05, 3.63) is 29.3 Å². The number of rotatable bonds is 2. The van der Waals surface area contributed by atoms with Gasteiger partial charge in [-0.3, -0.25) is 0 Å². The maximum atomic E-state index is 6.25. The molecule has 0 aromatic heterocycles. The minimum Gasteiger partial charge on any atom is -0.377 e. The van der Waals surface area contributed by atoms with E-state index in [1.807, 2.05) is 0 Å². The normalized spacial score (nSPS) is 18.0. The molecular formula is C12H18N2. The predicted molar refractivity (Wildman–Crippen MR) is 60.6 cm³/mol. The van der Waals surface area contributed by atoms with Gasteiger partial charge < -0.3 is 10.6 Å². The summed E-state index contributed by atoms with van der Waals surface area (Å²) in [6, 6.07) is 6.53. The topological polar surface area (TPSA) is 29.3 Å². The van der Waals surface area contributed by atoms with Gasteiger partial charge >= 0.3 is 0 Å². The average Bonchev–Trinajstić information content (AvgIpc) is 2.84. The molecule has 1 aliphatic carbocycles. The first kappa shape index (κ1) is 9.53. The van der Waals surface area contributed by atoms with E-state index >= 15 is 0 Å². The second-order valence-electron chi connectivity index (χ2n) is 4.57. The Morgan fingerprint density at radius 1 is 1.29 bits per heavy atom. The van der Waals surface area contributed by atoms with Crippen molar-refractivity contribution in [2.45, 2.75) is 25.3 Å². The summed E-state index contributed by atoms with van der Waals surface area (Å²) < 4.78 is 0. The highest BCUT2D eigenvalue weighted by atomic mass is 15.1. The van der Waals surface area contributed by atoms with Crippen molar-refractivity contribution in [2.24, 2.45) is 5.73 Å². The standard InChI is InChI=1S/C12H18N2/c1-9-4-5-11(14(2)3)10(8-9)12(13)6-7-12/h4-5,8H,6-7,13H2,1-3H3. The fourth-order valence-corrected chi connectivity index (χ4v) is 1.84. The molecule has 0 aliphatic heterocycles. The second kappa shape index (κ2) is 2.99. The summed E-state index contributed by atoms with van der Waals surface area (Å²) in [6.07, 6.45) is 2.24. The van der Waals surface area contributed by atoms with Crippen LogP contribution in [0, 0.1) is 6.92 Å². The van der Waals surface area contributed by atoms with Gasteiger partial charge in [0, 0.05) is 25.3 Å². The molecule has 0 heterocycles. The van der Waals surface area contributed by atoms with E-state index in [9.17, 15) is 0 Å². The maximum absolute atomic E-state index is 6.25. The molecule has 0 radical (unpaired) electrons. The van der Waals surface area contributed by atoms with Gasteiger partial charge in [0.05, 0.1) is 0 Å². The smallest absolute Gasteiger partial charge is 0.0432 e. The van der Waals surface area contributed by atoms with E-state index in [-0.39, 0.29) is 5.54 Å². The lowest BCUT2D eigenvalue weighted by Crippen LogP contribution is -2.23. The van der Waals surface area contributed by atoms with Gasteiger partial charge in [0.1, 0.15) is 0 Å². The Balaban J connectivity index is 2.49. The maximum Gasteiger partial charge on any atom is 0.0432 e. The largest absolute Gasteiger partial charge is 0.377 e. The summed E-state index contributed by atoms with van der Waals surface area (Å²) >= 11 is 0. The third kappa shape index (κ3) is 1.50. The fourth-order valence-electron chi connectivity index (χ4n) is 1.84. The molecule has 0 atom stereocenters. The first-order valence-electron chi connectivity index (χ1n) is 5.10. The molecule has 0 unspecified atom stereocenters. The highest BCUT2D eigenvalue weighted by molar-refractivity contribution is 5.58. The van der Waals surface area contributed by atoms with Gasteiger partial charge in [0.2, 0.25) is 0 Å². The molecule has 1 aromatic rings. The van der Waals surface area contributed by atoms with Crippen molar-refractivity contribution in [2.75, 3.05) is 19.0 Å². The summed E-state index contributed by atoms with van der Waals surface area (Å²) in [4.78, 5) is 2.14. The Kier molecular flexibility index (Phi) is 2.04. The lowest BCUT2D eigenvalue weighted by molar-refractivity contribution is 0.736. The van der Waals surface area contributed by atoms with E-state index in [4.69, 9.17) is 5.73 Å². The number of aryl methyl sites for hydroxylation is 1. The van der Waals surface area contributed by atoms with Crippen LogP contribution >= 0.6 is 0 Å². The molecule has 0 bridgehead atoms. The van der Waals surface area contributed by atoms with Crippen molar-refractivity contribution in [3.8, 4) is 0 Å². The number of hydrogen-bond donors (Lipinski definition) is 1. The molecule has 2 nitrogen and oxygen atoms in total. The van der Waals surface area contributed by atoms with Crippen LogP contribution in [0.25, 0.3) is 0 Å². The van der Waals surface area contributed by atoms with Gasteiger partial charge in [-0.25, -0.2) is 0 Å². The summed E-state index contributed by atoms with van der Waals surface area (Å²) in [5.74, 6) is 0. The first-order chi connectivity index (χ1) is 6.53. The SMILES string of the molecule is Cc1ccc(N(C)C)c(C2(N)CC2)c1. The monoisotopic (exact) mass is 190 g/mol. The highest BCUT2D eigenvalue weighted by Gasteiger charge is 2.41. The van der Waals surface area contributed by atoms with Crippen LogP contribution in [0.3, 0.4) is 0 Å². The van der Waals surface area contributed by atoms with Gasteiger partial charge in [-0.15, -0.1) is 0 Å². The van der Waals surface area contributed by atoms with E-state index in [0.717, 1.165) is 12.8 Å². The van der Waals surface area contributed by atoms with Crippen LogP contribution in [0.15, 0.2) is 18.2 Å². The number of hydrogen-bond acceptors (Lipinski definition) is 2. The molecule has 14 heavy (non-hydrogen) atoms. The van der Waals surface area contributed by atoms with Gasteiger partial charge in [0.25, 0.3) is 0 Å². The van der Waals surface area contributed by atoms with E-state index in [2.05, 4.69) is 44.1 Å². The van der Waals surface area contributed by atoms with E-state index in [0.29, 0.717) is 0 Å². The van der Waals surface area contributed by atoms with Crippen LogP contribution in [-0.4, -0.2) is 14.1 Å². The molecular weight excluding hydrogens is 172 g/mol. The van der Waals surface area contributed by atoms with Crippen LogP contribution in [0.2, 0.25) is 0 Å². The van der Waals surface area contributed by atoms with Crippen molar-refractivity contribution >= 4 is 5.69 Å². The van der Waals surface area contributed by atoms with Crippen molar-refractivity contribution in [3.63, 3.8) is 0 Å². The number of nitrogens with zero attached hydrogens (tertiary/aromatic N) is 1. The zero-order valence-corrected chi connectivity index (χ0v) is 9.17. The molecule has 2 rings (SSSR count). The zero-order valence-electron chi connectivity index (χ0n) is 9.17. The zero-order chi connectivity index (χ0) is 10.3. The quantitative estimate of drug-likeness (QED) is 0.773. The lowest BCUT2D eigenvalue weighted by atomic mass is 10.0. The first-order valence-corrected chi connectivity index (χ1v) is 5.10. The molecule has 2 N–H and O–H groups in total. The molecule has 76 valence electrons.